The fraction of sp³-hybridized carbons (Fsp3) is 0.667. The van der Waals surface area contributed by atoms with Gasteiger partial charge in [0.1, 0.15) is 0 Å². The molecule has 0 unspecified atom stereocenters. The Morgan fingerprint density at radius 2 is 1.86 bits per heavy atom. The maximum absolute atomic E-state index is 12.5. The van der Waals surface area contributed by atoms with Crippen molar-refractivity contribution in [3.05, 3.63) is 21.0 Å². The van der Waals surface area contributed by atoms with Crippen molar-refractivity contribution in [3.8, 4) is 0 Å². The number of amides is 1. The Kier molecular flexibility index (Phi) is 10.7. The van der Waals surface area contributed by atoms with Crippen molar-refractivity contribution in [2.45, 2.75) is 58.5 Å². The Labute approximate surface area is 150 Å². The van der Waals surface area contributed by atoms with Gasteiger partial charge in [0, 0.05) is 0 Å². The molecule has 21 heavy (non-hydrogen) atoms. The van der Waals surface area contributed by atoms with Gasteiger partial charge in [-0.2, -0.15) is 0 Å². The summed E-state index contributed by atoms with van der Waals surface area (Å²) in [5.74, 6) is 0.0173. The number of allylic oxidation sites excluding steroid dienone is 4. The first-order valence-electron chi connectivity index (χ1n) is 7.63. The normalized spacial score (nSPS) is 18.3. The van der Waals surface area contributed by atoms with E-state index in [-0.39, 0.29) is 24.8 Å². The van der Waals surface area contributed by atoms with Crippen molar-refractivity contribution in [3.63, 3.8) is 0 Å². The Bertz CT molecular complexity index is 406. The number of halogens is 2. The zero-order chi connectivity index (χ0) is 13.8. The molecular weight excluding hydrogens is 400 g/mol. The van der Waals surface area contributed by atoms with Gasteiger partial charge in [0.05, 0.1) is 0 Å². The molecule has 1 amide bonds. The first-order valence-corrected chi connectivity index (χ1v) is 17.2. The molecule has 0 bridgehead atoms. The summed E-state index contributed by atoms with van der Waals surface area (Å²) in [7, 11) is 0. The van der Waals surface area contributed by atoms with E-state index in [1.165, 1.54) is 24.8 Å². The van der Waals surface area contributed by atoms with Gasteiger partial charge in [0.25, 0.3) is 0 Å². The smallest absolute Gasteiger partial charge is 1.00 e. The van der Waals surface area contributed by atoms with Crippen LogP contribution in [-0.2, 0) is 26.0 Å². The first kappa shape index (κ1) is 21.6. The molecule has 1 N–H and O–H groups in total. The summed E-state index contributed by atoms with van der Waals surface area (Å²) in [4.78, 5) is 12.5. The van der Waals surface area contributed by atoms with E-state index in [1.54, 1.807) is 3.28 Å². The van der Waals surface area contributed by atoms with E-state index >= 15 is 0 Å². The molecule has 1 saturated carbocycles. The van der Waals surface area contributed by atoms with Crippen LogP contribution in [0.15, 0.2) is 21.0 Å². The molecule has 119 valence electrons. The van der Waals surface area contributed by atoms with Gasteiger partial charge in [-0.05, 0) is 0 Å². The van der Waals surface area contributed by atoms with Gasteiger partial charge in [0.2, 0.25) is 0 Å². The van der Waals surface area contributed by atoms with E-state index < -0.39 is 27.1 Å². The molecule has 0 atom stereocenters. The van der Waals surface area contributed by atoms with Crippen LogP contribution in [-0.4, -0.2) is 11.8 Å². The third kappa shape index (κ3) is 6.33. The Morgan fingerprint density at radius 1 is 1.24 bits per heavy atom. The predicted molar refractivity (Wildman–Crippen MR) is 80.1 cm³/mol. The molecule has 1 fully saturated rings. The molecule has 6 heteroatoms. The van der Waals surface area contributed by atoms with E-state index in [9.17, 15) is 4.79 Å². The van der Waals surface area contributed by atoms with Crippen molar-refractivity contribution >= 4 is 11.8 Å². The molecule has 0 spiro atoms. The molecule has 2 rings (SSSR count). The van der Waals surface area contributed by atoms with E-state index in [0.29, 0.717) is 11.8 Å². The van der Waals surface area contributed by atoms with Crippen molar-refractivity contribution in [1.29, 1.82) is 0 Å². The molecule has 0 aliphatic heterocycles. The molecule has 2 aliphatic rings. The molecule has 2 nitrogen and oxygen atoms in total. The van der Waals surface area contributed by atoms with Gasteiger partial charge in [-0.25, -0.2) is 0 Å². The van der Waals surface area contributed by atoms with Gasteiger partial charge in [-0.15, -0.1) is 0 Å². The van der Waals surface area contributed by atoms with Crippen LogP contribution in [0.2, 0.25) is 13.1 Å². The van der Waals surface area contributed by atoms with Crippen molar-refractivity contribution in [2.75, 3.05) is 0 Å². The average molecular weight is 427 g/mol. The molecule has 0 aromatic heterocycles. The second-order valence-corrected chi connectivity index (χ2v) is 24.7. The fourth-order valence-corrected chi connectivity index (χ4v) is 17.0. The summed E-state index contributed by atoms with van der Waals surface area (Å²) in [6, 6.07) is 0. The summed E-state index contributed by atoms with van der Waals surface area (Å²) in [5, 5.41) is 0. The van der Waals surface area contributed by atoms with E-state index in [2.05, 4.69) is 35.4 Å². The van der Waals surface area contributed by atoms with Crippen LogP contribution >= 0.6 is 0 Å². The van der Waals surface area contributed by atoms with Crippen LogP contribution in [0.3, 0.4) is 0 Å². The maximum atomic E-state index is 12.5. The number of nitrogens with one attached hydrogen (secondary N) is 1. The number of hydrogen-bond donors (Lipinski definition) is 1. The Hall–Kier alpha value is 0.630. The van der Waals surface area contributed by atoms with Crippen molar-refractivity contribution in [1.82, 2.24) is 3.26 Å². The molecule has 0 heterocycles. The van der Waals surface area contributed by atoms with E-state index in [0.717, 1.165) is 19.3 Å². The van der Waals surface area contributed by atoms with Gasteiger partial charge >= 0.3 is 127 Å². The fourth-order valence-electron chi connectivity index (χ4n) is 3.05. The third-order valence-electron chi connectivity index (χ3n) is 4.20. The second kappa shape index (κ2) is 10.4. The minimum Gasteiger partial charge on any atom is -1.00 e. The topological polar surface area (TPSA) is 29.1 Å². The number of carbonyl (C=O) groups is 1. The summed E-state index contributed by atoms with van der Waals surface area (Å²) >= 11 is -1.81. The van der Waals surface area contributed by atoms with Crippen LogP contribution in [0.5, 0.6) is 0 Å². The first-order chi connectivity index (χ1) is 9.08. The van der Waals surface area contributed by atoms with Crippen LogP contribution in [0.25, 0.3) is 0 Å². The quantitative estimate of drug-likeness (QED) is 0.493. The Balaban J connectivity index is 0.00000200. The largest absolute Gasteiger partial charge is 1.00 e. The minimum atomic E-state index is -1.81. The molecule has 0 aromatic rings. The molecule has 0 aromatic carbocycles. The minimum absolute atomic E-state index is 0. The van der Waals surface area contributed by atoms with Crippen LogP contribution in [0.4, 0.5) is 0 Å². The second-order valence-electron chi connectivity index (χ2n) is 6.21. The van der Waals surface area contributed by atoms with E-state index in [1.807, 2.05) is 0 Å². The molecule has 2 aliphatic carbocycles. The molecular formula is C15H26Cl2NOSiZr. The molecule has 0 saturated heterocycles. The van der Waals surface area contributed by atoms with Crippen molar-refractivity contribution < 1.29 is 50.8 Å². The number of carbonyl (C=O) groups excluding carboxylic acids is 1. The summed E-state index contributed by atoms with van der Waals surface area (Å²) in [5.41, 5.74) is 1.40. The maximum Gasteiger partial charge on any atom is -1.00 e. The SMILES string of the molecule is CC1=CC[C]([Zr+2]([NH]C(=O)C2CCCCC2)[SiH](C)C)=C1.[Cl-].[Cl-]. The van der Waals surface area contributed by atoms with E-state index in [4.69, 9.17) is 0 Å². The van der Waals surface area contributed by atoms with Gasteiger partial charge in [-0.3, -0.25) is 0 Å². The van der Waals surface area contributed by atoms with Gasteiger partial charge in [0.15, 0.2) is 0 Å². The number of rotatable bonds is 4. The summed E-state index contributed by atoms with van der Waals surface area (Å²) in [6.45, 7) is 7.02. The average Bonchev–Trinajstić information content (AvgIpc) is 2.82. The zero-order valence-corrected chi connectivity index (χ0v) is 18.3. The van der Waals surface area contributed by atoms with Crippen LogP contribution in [0.1, 0.15) is 45.4 Å². The van der Waals surface area contributed by atoms with Crippen LogP contribution in [0, 0.1) is 5.92 Å². The monoisotopic (exact) mass is 424 g/mol. The molecule has 0 radical (unpaired) electrons. The van der Waals surface area contributed by atoms with Crippen LogP contribution < -0.4 is 28.1 Å². The number of hydrogen-bond acceptors (Lipinski definition) is 1. The van der Waals surface area contributed by atoms with Gasteiger partial charge < -0.3 is 24.8 Å². The predicted octanol–water partition coefficient (Wildman–Crippen LogP) is -2.56. The zero-order valence-electron chi connectivity index (χ0n) is 13.2. The third-order valence-corrected chi connectivity index (χ3v) is 20.7. The standard InChI is InChI=1S/C7H13NO.C6H7.C2H7Si.2ClH.Zr/c8-7(9)6-4-2-1-3-5-6;1-6-4-2-3-5-6;1-3-2;;;/h6H,1-5H2,(H2,8,9);4-5H,2H2,1H3;3H,1-2H3;2*1H;/q;;;;;+3/p-3. The Morgan fingerprint density at radius 3 is 2.33 bits per heavy atom. The van der Waals surface area contributed by atoms with Gasteiger partial charge in [-0.1, -0.05) is 0 Å². The summed E-state index contributed by atoms with van der Waals surface area (Å²) < 4.78 is 5.20. The van der Waals surface area contributed by atoms with Crippen molar-refractivity contribution in [2.24, 2.45) is 5.92 Å². The summed E-state index contributed by atoms with van der Waals surface area (Å²) in [6.07, 6.45) is 11.9.